The molecule has 2 aromatic carbocycles. The lowest BCUT2D eigenvalue weighted by molar-refractivity contribution is -0.143. The molecule has 3 N–H and O–H groups in total. The highest BCUT2D eigenvalue weighted by atomic mass is 32.2. The van der Waals surface area contributed by atoms with Crippen molar-refractivity contribution < 1.29 is 46.0 Å². The summed E-state index contributed by atoms with van der Waals surface area (Å²) in [4.78, 5) is 62.3. The van der Waals surface area contributed by atoms with Crippen LogP contribution in [-0.2, 0) is 34.0 Å². The first-order valence-corrected chi connectivity index (χ1v) is 20.2. The number of halogens is 2. The predicted molar refractivity (Wildman–Crippen MR) is 198 cm³/mol. The molecule has 55 heavy (non-hydrogen) atoms. The summed E-state index contributed by atoms with van der Waals surface area (Å²) in [6.45, 7) is 5.12. The maximum absolute atomic E-state index is 14.5. The third-order valence-electron chi connectivity index (χ3n) is 10.9. The summed E-state index contributed by atoms with van der Waals surface area (Å²) in [5, 5.41) is 8.87. The van der Waals surface area contributed by atoms with Gasteiger partial charge in [0.05, 0.1) is 24.3 Å². The number of nitrogens with zero attached hydrogens (tertiary/aromatic N) is 2. The topological polar surface area (TPSA) is 173 Å². The van der Waals surface area contributed by atoms with Crippen LogP contribution < -0.4 is 15.4 Å². The molecule has 0 radical (unpaired) electrons. The lowest BCUT2D eigenvalue weighted by atomic mass is 9.85. The van der Waals surface area contributed by atoms with Gasteiger partial charge in [0.25, 0.3) is 5.91 Å². The van der Waals surface area contributed by atoms with E-state index in [1.807, 2.05) is 59.3 Å². The predicted octanol–water partition coefficient (Wildman–Crippen LogP) is 4.49. The van der Waals surface area contributed by atoms with Gasteiger partial charge >= 0.3 is 6.09 Å². The molecule has 2 saturated carbocycles. The van der Waals surface area contributed by atoms with Gasteiger partial charge in [-0.05, 0) is 66.7 Å². The van der Waals surface area contributed by atoms with Crippen LogP contribution in [0.2, 0.25) is 0 Å². The second-order valence-corrected chi connectivity index (χ2v) is 18.0. The summed E-state index contributed by atoms with van der Waals surface area (Å²) in [7, 11) is -4.12. The highest BCUT2D eigenvalue weighted by Gasteiger charge is 2.67. The van der Waals surface area contributed by atoms with Crippen LogP contribution in [0.1, 0.15) is 82.4 Å². The van der Waals surface area contributed by atoms with Gasteiger partial charge in [0.2, 0.25) is 28.3 Å². The number of benzene rings is 2. The van der Waals surface area contributed by atoms with E-state index in [2.05, 4.69) is 15.8 Å². The molecule has 2 heterocycles. The largest absolute Gasteiger partial charge is 0.450 e. The zero-order valence-corrected chi connectivity index (χ0v) is 31.7. The van der Waals surface area contributed by atoms with Crippen molar-refractivity contribution in [3.05, 3.63) is 65.2 Å². The summed E-state index contributed by atoms with van der Waals surface area (Å²) < 4.78 is 60.8. The SMILES string of the molecule is CC(C)(C)[C@@H]1NC(=O)OCCCCC=Cc2ccc3c(c2)C(=NO[C@@H]2C[C@@H](C(=O)N[C@]4(C(=O)NS(=O)(=O)C5CC5)C[C@H]4C(F)F)N(C2)C1=O)c1ccccc1-3. The van der Waals surface area contributed by atoms with Gasteiger partial charge < -0.3 is 25.1 Å². The number of fused-ring (bicyclic) bond motifs is 6. The van der Waals surface area contributed by atoms with Gasteiger partial charge in [-0.25, -0.2) is 22.0 Å². The van der Waals surface area contributed by atoms with Crippen molar-refractivity contribution in [3.8, 4) is 11.1 Å². The molecule has 0 aromatic heterocycles. The minimum Gasteiger partial charge on any atom is -0.450 e. The molecular formula is C39H45F2N5O8S. The van der Waals surface area contributed by atoms with Crippen LogP contribution in [0.4, 0.5) is 13.6 Å². The van der Waals surface area contributed by atoms with E-state index in [-0.39, 0.29) is 19.6 Å². The Kier molecular flexibility index (Phi) is 10.2. The quantitative estimate of drug-likeness (QED) is 0.328. The van der Waals surface area contributed by atoms with E-state index in [4.69, 9.17) is 9.57 Å². The standard InChI is InChI=1S/C39H45F2N5O8S/c1-38(2,3)32-35(48)46-21-23(19-30(46)34(47)43-39(20-29(39)33(40)41)36(49)45-55(51,52)24-14-15-24)54-44-31-27-12-8-7-11-25(27)26-16-13-22(18-28(26)31)10-6-4-5-9-17-53-37(50)42-32/h6-8,10-13,16,18,23-24,29-30,32-33H,4-5,9,14-15,17,19-21H2,1-3H3,(H,42,50)(H,43,47)(H,45,49)/t23-,29+,30+,32-,39-/m1/s1. The molecule has 16 heteroatoms. The number of alkyl halides is 2. The molecule has 294 valence electrons. The molecule has 2 aliphatic heterocycles. The fourth-order valence-electron chi connectivity index (χ4n) is 7.52. The van der Waals surface area contributed by atoms with Crippen LogP contribution >= 0.6 is 0 Å². The van der Waals surface area contributed by atoms with Crippen LogP contribution in [0, 0.1) is 11.3 Å². The zero-order chi connectivity index (χ0) is 39.3. The monoisotopic (exact) mass is 781 g/mol. The molecule has 13 nitrogen and oxygen atoms in total. The smallest absolute Gasteiger partial charge is 0.407 e. The Hall–Kier alpha value is -4.86. The van der Waals surface area contributed by atoms with Crippen LogP contribution in [0.25, 0.3) is 17.2 Å². The van der Waals surface area contributed by atoms with Gasteiger partial charge in [-0.2, -0.15) is 0 Å². The number of nitrogens with one attached hydrogen (secondary N) is 3. The fraction of sp³-hybridized carbons (Fsp3) is 0.513. The van der Waals surface area contributed by atoms with Crippen LogP contribution in [-0.4, -0.2) is 91.4 Å². The van der Waals surface area contributed by atoms with Crippen LogP contribution in [0.5, 0.6) is 0 Å². The van der Waals surface area contributed by atoms with E-state index in [1.165, 1.54) is 4.90 Å². The number of oxime groups is 1. The second-order valence-electron chi connectivity index (χ2n) is 16.0. The van der Waals surface area contributed by atoms with Crippen molar-refractivity contribution in [2.45, 2.75) is 101 Å². The number of carbonyl (C=O) groups is 4. The first kappa shape index (κ1) is 38.4. The third-order valence-corrected chi connectivity index (χ3v) is 12.7. The number of allylic oxidation sites excluding steroid dienone is 1. The second kappa shape index (κ2) is 14.7. The van der Waals surface area contributed by atoms with E-state index in [0.717, 1.165) is 40.7 Å². The molecule has 0 unspecified atom stereocenters. The molecule has 5 aliphatic rings. The number of alkyl carbamates (subject to hydrolysis) is 1. The van der Waals surface area contributed by atoms with Gasteiger partial charge in [-0.3, -0.25) is 19.1 Å². The molecule has 1 saturated heterocycles. The number of hydrogen-bond acceptors (Lipinski definition) is 9. The van der Waals surface area contributed by atoms with Gasteiger partial charge in [-0.1, -0.05) is 74.5 Å². The Morgan fingerprint density at radius 3 is 2.45 bits per heavy atom. The summed E-state index contributed by atoms with van der Waals surface area (Å²) in [5.41, 5.74) is 2.00. The van der Waals surface area contributed by atoms with E-state index in [9.17, 15) is 36.4 Å². The summed E-state index contributed by atoms with van der Waals surface area (Å²) >= 11 is 0. The zero-order valence-electron chi connectivity index (χ0n) is 30.8. The van der Waals surface area contributed by atoms with Crippen LogP contribution in [0.3, 0.4) is 0 Å². The lowest BCUT2D eigenvalue weighted by Gasteiger charge is -2.35. The molecule has 2 aromatic rings. The molecule has 5 atom stereocenters. The number of hydrogen-bond donors (Lipinski definition) is 3. The normalized spacial score (nSPS) is 26.9. The van der Waals surface area contributed by atoms with E-state index in [0.29, 0.717) is 25.0 Å². The number of ether oxygens (including phenoxy) is 1. The number of rotatable bonds is 6. The van der Waals surface area contributed by atoms with E-state index < -0.39 is 87.0 Å². The molecule has 3 fully saturated rings. The van der Waals surface area contributed by atoms with E-state index in [1.54, 1.807) is 20.8 Å². The Bertz CT molecular complexity index is 2060. The first-order valence-electron chi connectivity index (χ1n) is 18.6. The summed E-state index contributed by atoms with van der Waals surface area (Å²) in [5.74, 6) is -4.51. The van der Waals surface area contributed by atoms with E-state index >= 15 is 0 Å². The average molecular weight is 782 g/mol. The number of sulfonamides is 1. The highest BCUT2D eigenvalue weighted by molar-refractivity contribution is 7.91. The average Bonchev–Trinajstić information content (AvgIpc) is 4.04. The van der Waals surface area contributed by atoms with Crippen molar-refractivity contribution in [1.29, 1.82) is 0 Å². The van der Waals surface area contributed by atoms with Gasteiger partial charge in [0.1, 0.15) is 29.4 Å². The maximum Gasteiger partial charge on any atom is 0.407 e. The Morgan fingerprint density at radius 1 is 1.04 bits per heavy atom. The third kappa shape index (κ3) is 7.82. The minimum atomic E-state index is -4.12. The van der Waals surface area contributed by atoms with Crippen LogP contribution in [0.15, 0.2) is 53.7 Å². The molecule has 4 bridgehead atoms. The van der Waals surface area contributed by atoms with Gasteiger partial charge in [-0.15, -0.1) is 0 Å². The van der Waals surface area contributed by atoms with Crippen molar-refractivity contribution in [2.24, 2.45) is 16.5 Å². The maximum atomic E-state index is 14.5. The first-order chi connectivity index (χ1) is 26.1. The fourth-order valence-corrected chi connectivity index (χ4v) is 8.88. The number of amides is 4. The van der Waals surface area contributed by atoms with Crippen molar-refractivity contribution in [2.75, 3.05) is 13.2 Å². The van der Waals surface area contributed by atoms with Crippen molar-refractivity contribution in [3.63, 3.8) is 0 Å². The van der Waals surface area contributed by atoms with Gasteiger partial charge in [0, 0.05) is 17.5 Å². The summed E-state index contributed by atoms with van der Waals surface area (Å²) in [6, 6.07) is 11.2. The summed E-state index contributed by atoms with van der Waals surface area (Å²) in [6.07, 6.45) is 1.39. The molecular weight excluding hydrogens is 737 g/mol. The Balaban J connectivity index is 1.22. The Labute approximate surface area is 318 Å². The minimum absolute atomic E-state index is 0.109. The van der Waals surface area contributed by atoms with Gasteiger partial charge in [0.15, 0.2) is 0 Å². The lowest BCUT2D eigenvalue weighted by Crippen LogP contribution is -2.60. The molecule has 4 amide bonds. The molecule has 3 aliphatic carbocycles. The number of carbonyl (C=O) groups excluding carboxylic acids is 4. The highest BCUT2D eigenvalue weighted by Crippen LogP contribution is 2.48. The number of cyclic esters (lactones) is 1. The Morgan fingerprint density at radius 2 is 1.76 bits per heavy atom. The molecule has 0 spiro atoms. The van der Waals surface area contributed by atoms with Crippen molar-refractivity contribution >= 4 is 45.6 Å². The molecule has 7 rings (SSSR count). The van der Waals surface area contributed by atoms with Crippen molar-refractivity contribution in [1.82, 2.24) is 20.3 Å².